The predicted molar refractivity (Wildman–Crippen MR) is 46.8 cm³/mol. The van der Waals surface area contributed by atoms with Crippen LogP contribution < -0.4 is 5.32 Å². The molecule has 0 saturated heterocycles. The van der Waals surface area contributed by atoms with E-state index < -0.39 is 0 Å². The molecule has 0 radical (unpaired) electrons. The van der Waals surface area contributed by atoms with Gasteiger partial charge in [-0.1, -0.05) is 13.3 Å². The van der Waals surface area contributed by atoms with Crippen molar-refractivity contribution in [1.82, 2.24) is 10.2 Å². The summed E-state index contributed by atoms with van der Waals surface area (Å²) in [5, 5.41) is 2.42. The Morgan fingerprint density at radius 1 is 1.42 bits per heavy atom. The van der Waals surface area contributed by atoms with E-state index >= 15 is 0 Å². The van der Waals surface area contributed by atoms with Crippen LogP contribution in [0.15, 0.2) is 0 Å². The number of carbonyl (C=O) groups excluding carboxylic acids is 2. The fourth-order valence-corrected chi connectivity index (χ4v) is 0.853. The van der Waals surface area contributed by atoms with E-state index in [-0.39, 0.29) is 11.9 Å². The number of imide groups is 1. The molecule has 0 spiro atoms. The highest BCUT2D eigenvalue weighted by atomic mass is 16.2. The number of hydrogen-bond donors (Lipinski definition) is 1. The second kappa shape index (κ2) is 5.57. The van der Waals surface area contributed by atoms with E-state index in [9.17, 15) is 9.59 Å². The van der Waals surface area contributed by atoms with Crippen molar-refractivity contribution in [2.45, 2.75) is 26.7 Å². The van der Waals surface area contributed by atoms with E-state index in [0.29, 0.717) is 6.54 Å². The summed E-state index contributed by atoms with van der Waals surface area (Å²) in [4.78, 5) is 23.2. The first-order chi connectivity index (χ1) is 5.63. The van der Waals surface area contributed by atoms with Gasteiger partial charge >= 0.3 is 6.03 Å². The van der Waals surface area contributed by atoms with Gasteiger partial charge in [0.1, 0.15) is 0 Å². The summed E-state index contributed by atoms with van der Waals surface area (Å²) in [5.74, 6) is -0.206. The zero-order chi connectivity index (χ0) is 9.56. The lowest BCUT2D eigenvalue weighted by Gasteiger charge is -2.17. The standard InChI is InChI=1S/C8H16N2O2/c1-4-5-6-10(7(2)11)8(12)9-3/h4-6H2,1-3H3,(H,9,12). The Bertz CT molecular complexity index is 168. The van der Waals surface area contributed by atoms with Crippen LogP contribution in [0.3, 0.4) is 0 Å². The molecule has 12 heavy (non-hydrogen) atoms. The molecule has 0 heterocycles. The van der Waals surface area contributed by atoms with E-state index in [1.807, 2.05) is 6.92 Å². The molecule has 0 aliphatic rings. The Hall–Kier alpha value is -1.06. The number of nitrogens with one attached hydrogen (secondary N) is 1. The van der Waals surface area contributed by atoms with Crippen LogP contribution in [0.5, 0.6) is 0 Å². The lowest BCUT2D eigenvalue weighted by molar-refractivity contribution is -0.126. The minimum Gasteiger partial charge on any atom is -0.341 e. The summed E-state index contributed by atoms with van der Waals surface area (Å²) in [6, 6.07) is -0.323. The van der Waals surface area contributed by atoms with Crippen LogP contribution in [0.25, 0.3) is 0 Å². The maximum atomic E-state index is 11.1. The first kappa shape index (κ1) is 10.9. The lowest BCUT2D eigenvalue weighted by Crippen LogP contribution is -2.41. The predicted octanol–water partition coefficient (Wildman–Crippen LogP) is 0.974. The Kier molecular flexibility index (Phi) is 5.08. The molecular weight excluding hydrogens is 156 g/mol. The topological polar surface area (TPSA) is 49.4 Å². The number of amides is 3. The van der Waals surface area contributed by atoms with Gasteiger partial charge in [0.05, 0.1) is 0 Å². The van der Waals surface area contributed by atoms with Crippen molar-refractivity contribution in [2.24, 2.45) is 0 Å². The van der Waals surface area contributed by atoms with Gasteiger partial charge in [0.25, 0.3) is 0 Å². The molecular formula is C8H16N2O2. The second-order valence-electron chi connectivity index (χ2n) is 2.58. The Morgan fingerprint density at radius 3 is 2.33 bits per heavy atom. The average molecular weight is 172 g/mol. The van der Waals surface area contributed by atoms with Crippen molar-refractivity contribution in [3.05, 3.63) is 0 Å². The molecule has 0 aromatic rings. The highest BCUT2D eigenvalue weighted by Crippen LogP contribution is 1.95. The van der Waals surface area contributed by atoms with Gasteiger partial charge < -0.3 is 5.32 Å². The van der Waals surface area contributed by atoms with Crippen LogP contribution in [-0.2, 0) is 4.79 Å². The van der Waals surface area contributed by atoms with Crippen molar-refractivity contribution in [3.8, 4) is 0 Å². The van der Waals surface area contributed by atoms with Gasteiger partial charge in [-0.3, -0.25) is 9.69 Å². The molecule has 0 aromatic heterocycles. The SMILES string of the molecule is CCCCN(C(C)=O)C(=O)NC. The molecule has 4 heteroatoms. The molecule has 0 saturated carbocycles. The minimum absolute atomic E-state index is 0.206. The Labute approximate surface area is 72.9 Å². The monoisotopic (exact) mass is 172 g/mol. The number of hydrogen-bond acceptors (Lipinski definition) is 2. The number of unbranched alkanes of at least 4 members (excludes halogenated alkanes) is 1. The van der Waals surface area contributed by atoms with Crippen LogP contribution in [0.4, 0.5) is 4.79 Å². The Balaban J connectivity index is 4.04. The number of nitrogens with zero attached hydrogens (tertiary/aromatic N) is 1. The number of rotatable bonds is 3. The molecule has 70 valence electrons. The van der Waals surface area contributed by atoms with Gasteiger partial charge in [-0.05, 0) is 6.42 Å². The molecule has 1 N–H and O–H groups in total. The summed E-state index contributed by atoms with van der Waals surface area (Å²) in [6.07, 6.45) is 1.83. The van der Waals surface area contributed by atoms with Gasteiger partial charge in [0.2, 0.25) is 5.91 Å². The Morgan fingerprint density at radius 2 is 2.00 bits per heavy atom. The van der Waals surface area contributed by atoms with Crippen LogP contribution in [-0.4, -0.2) is 30.4 Å². The van der Waals surface area contributed by atoms with E-state index in [1.54, 1.807) is 0 Å². The summed E-state index contributed by atoms with van der Waals surface area (Å²) in [7, 11) is 1.52. The third-order valence-corrected chi connectivity index (χ3v) is 1.57. The van der Waals surface area contributed by atoms with Crippen molar-refractivity contribution >= 4 is 11.9 Å². The minimum atomic E-state index is -0.323. The summed E-state index contributed by atoms with van der Waals surface area (Å²) >= 11 is 0. The van der Waals surface area contributed by atoms with E-state index in [2.05, 4.69) is 5.32 Å². The average Bonchev–Trinajstić information content (AvgIpc) is 2.04. The van der Waals surface area contributed by atoms with Crippen LogP contribution in [0.1, 0.15) is 26.7 Å². The number of urea groups is 1. The number of carbonyl (C=O) groups is 2. The zero-order valence-electron chi connectivity index (χ0n) is 7.89. The van der Waals surface area contributed by atoms with Crippen LogP contribution >= 0.6 is 0 Å². The molecule has 4 nitrogen and oxygen atoms in total. The van der Waals surface area contributed by atoms with E-state index in [0.717, 1.165) is 12.8 Å². The highest BCUT2D eigenvalue weighted by Gasteiger charge is 2.14. The summed E-state index contributed by atoms with van der Waals surface area (Å²) in [6.45, 7) is 3.92. The molecule has 0 aliphatic carbocycles. The fraction of sp³-hybridized carbons (Fsp3) is 0.750. The van der Waals surface area contributed by atoms with Gasteiger partial charge in [0, 0.05) is 20.5 Å². The van der Waals surface area contributed by atoms with Crippen LogP contribution in [0, 0.1) is 0 Å². The van der Waals surface area contributed by atoms with Crippen LogP contribution in [0.2, 0.25) is 0 Å². The summed E-state index contributed by atoms with van der Waals surface area (Å²) in [5.41, 5.74) is 0. The molecule has 0 aliphatic heterocycles. The largest absolute Gasteiger partial charge is 0.341 e. The van der Waals surface area contributed by atoms with Crippen molar-refractivity contribution in [1.29, 1.82) is 0 Å². The molecule has 0 fully saturated rings. The third kappa shape index (κ3) is 3.37. The second-order valence-corrected chi connectivity index (χ2v) is 2.58. The van der Waals surface area contributed by atoms with E-state index in [4.69, 9.17) is 0 Å². The van der Waals surface area contributed by atoms with Crippen molar-refractivity contribution < 1.29 is 9.59 Å². The smallest absolute Gasteiger partial charge is 0.323 e. The van der Waals surface area contributed by atoms with Gasteiger partial charge in [-0.15, -0.1) is 0 Å². The molecule has 3 amide bonds. The van der Waals surface area contributed by atoms with Crippen molar-refractivity contribution in [3.63, 3.8) is 0 Å². The summed E-state index contributed by atoms with van der Waals surface area (Å²) < 4.78 is 0. The van der Waals surface area contributed by atoms with Crippen molar-refractivity contribution in [2.75, 3.05) is 13.6 Å². The highest BCUT2D eigenvalue weighted by molar-refractivity contribution is 5.93. The molecule has 0 atom stereocenters. The molecule has 0 aromatic carbocycles. The van der Waals surface area contributed by atoms with Gasteiger partial charge in [-0.2, -0.15) is 0 Å². The lowest BCUT2D eigenvalue weighted by atomic mass is 10.3. The maximum Gasteiger partial charge on any atom is 0.323 e. The van der Waals surface area contributed by atoms with E-state index in [1.165, 1.54) is 18.9 Å². The molecule has 0 rings (SSSR count). The first-order valence-electron chi connectivity index (χ1n) is 4.13. The molecule has 0 unspecified atom stereocenters. The first-order valence-corrected chi connectivity index (χ1v) is 4.13. The maximum absolute atomic E-state index is 11.1. The third-order valence-electron chi connectivity index (χ3n) is 1.57. The van der Waals surface area contributed by atoms with Gasteiger partial charge in [-0.25, -0.2) is 4.79 Å². The quantitative estimate of drug-likeness (QED) is 0.689. The fourth-order valence-electron chi connectivity index (χ4n) is 0.853. The van der Waals surface area contributed by atoms with Gasteiger partial charge in [0.15, 0.2) is 0 Å². The zero-order valence-corrected chi connectivity index (χ0v) is 7.89. The molecule has 0 bridgehead atoms. The normalized spacial score (nSPS) is 9.25.